The smallest absolute Gasteiger partial charge is 0.229 e. The van der Waals surface area contributed by atoms with Crippen molar-refractivity contribution < 1.29 is 4.79 Å². The van der Waals surface area contributed by atoms with Gasteiger partial charge in [-0.15, -0.1) is 0 Å². The van der Waals surface area contributed by atoms with Crippen LogP contribution >= 0.6 is 0 Å². The Labute approximate surface area is 115 Å². The summed E-state index contributed by atoms with van der Waals surface area (Å²) in [7, 11) is 1.88. The van der Waals surface area contributed by atoms with E-state index in [4.69, 9.17) is 5.73 Å². The van der Waals surface area contributed by atoms with E-state index in [-0.39, 0.29) is 11.8 Å². The SMILES string of the molecule is CN(C(=O)C1CCCCC1)c1ccc(CCN)cc1. The topological polar surface area (TPSA) is 46.3 Å². The molecule has 2 N–H and O–H groups in total. The molecule has 104 valence electrons. The highest BCUT2D eigenvalue weighted by atomic mass is 16.2. The first-order valence-corrected chi connectivity index (χ1v) is 7.29. The van der Waals surface area contributed by atoms with Crippen LogP contribution in [0.1, 0.15) is 37.7 Å². The number of hydrogen-bond donors (Lipinski definition) is 1. The monoisotopic (exact) mass is 260 g/mol. The molecule has 3 nitrogen and oxygen atoms in total. The Bertz CT molecular complexity index is 407. The van der Waals surface area contributed by atoms with Gasteiger partial charge in [0, 0.05) is 18.7 Å². The molecule has 19 heavy (non-hydrogen) atoms. The first-order valence-electron chi connectivity index (χ1n) is 7.29. The summed E-state index contributed by atoms with van der Waals surface area (Å²) >= 11 is 0. The summed E-state index contributed by atoms with van der Waals surface area (Å²) in [6.45, 7) is 0.663. The molecule has 1 aromatic carbocycles. The van der Waals surface area contributed by atoms with E-state index < -0.39 is 0 Å². The minimum absolute atomic E-state index is 0.225. The van der Waals surface area contributed by atoms with Gasteiger partial charge in [0.2, 0.25) is 5.91 Å². The maximum absolute atomic E-state index is 12.4. The van der Waals surface area contributed by atoms with Gasteiger partial charge in [-0.05, 0) is 43.5 Å². The van der Waals surface area contributed by atoms with Crippen LogP contribution < -0.4 is 10.6 Å². The van der Waals surface area contributed by atoms with Gasteiger partial charge in [-0.1, -0.05) is 31.4 Å². The van der Waals surface area contributed by atoms with Crippen molar-refractivity contribution in [2.24, 2.45) is 11.7 Å². The highest BCUT2D eigenvalue weighted by Gasteiger charge is 2.24. The van der Waals surface area contributed by atoms with Gasteiger partial charge in [0.25, 0.3) is 0 Å². The molecule has 0 aromatic heterocycles. The Hall–Kier alpha value is -1.35. The van der Waals surface area contributed by atoms with Crippen LogP contribution in [0.25, 0.3) is 0 Å². The van der Waals surface area contributed by atoms with Gasteiger partial charge in [0.1, 0.15) is 0 Å². The van der Waals surface area contributed by atoms with Crippen molar-refractivity contribution >= 4 is 11.6 Å². The summed E-state index contributed by atoms with van der Waals surface area (Å²) in [5, 5.41) is 0. The molecule has 0 atom stereocenters. The van der Waals surface area contributed by atoms with Gasteiger partial charge in [0.05, 0.1) is 0 Å². The molecule has 3 heteroatoms. The molecule has 0 radical (unpaired) electrons. The maximum Gasteiger partial charge on any atom is 0.229 e. The fourth-order valence-corrected chi connectivity index (χ4v) is 2.80. The van der Waals surface area contributed by atoms with E-state index in [9.17, 15) is 4.79 Å². The lowest BCUT2D eigenvalue weighted by Crippen LogP contribution is -2.33. The summed E-state index contributed by atoms with van der Waals surface area (Å²) in [5.41, 5.74) is 7.75. The number of carbonyl (C=O) groups is 1. The van der Waals surface area contributed by atoms with E-state index >= 15 is 0 Å². The first-order chi connectivity index (χ1) is 9.22. The number of rotatable bonds is 4. The van der Waals surface area contributed by atoms with Crippen LogP contribution in [0.15, 0.2) is 24.3 Å². The second kappa shape index (κ2) is 6.71. The van der Waals surface area contributed by atoms with Crippen molar-refractivity contribution in [1.29, 1.82) is 0 Å². The molecule has 0 heterocycles. The number of nitrogens with two attached hydrogens (primary N) is 1. The molecule has 0 saturated heterocycles. The minimum Gasteiger partial charge on any atom is -0.330 e. The summed E-state index contributed by atoms with van der Waals surface area (Å²) in [4.78, 5) is 14.2. The average Bonchev–Trinajstić information content (AvgIpc) is 2.48. The largest absolute Gasteiger partial charge is 0.330 e. The minimum atomic E-state index is 0.225. The number of nitrogens with zero attached hydrogens (tertiary/aromatic N) is 1. The highest BCUT2D eigenvalue weighted by molar-refractivity contribution is 5.94. The van der Waals surface area contributed by atoms with Crippen LogP contribution in [0.5, 0.6) is 0 Å². The number of amides is 1. The van der Waals surface area contributed by atoms with Gasteiger partial charge < -0.3 is 10.6 Å². The van der Waals surface area contributed by atoms with Crippen molar-refractivity contribution in [2.45, 2.75) is 38.5 Å². The van der Waals surface area contributed by atoms with Gasteiger partial charge in [-0.3, -0.25) is 4.79 Å². The van der Waals surface area contributed by atoms with Gasteiger partial charge in [-0.2, -0.15) is 0 Å². The van der Waals surface area contributed by atoms with E-state index in [2.05, 4.69) is 12.1 Å². The normalized spacial score (nSPS) is 16.3. The molecule has 1 aliphatic rings. The zero-order chi connectivity index (χ0) is 13.7. The molecule has 1 aromatic rings. The summed E-state index contributed by atoms with van der Waals surface area (Å²) in [6, 6.07) is 8.16. The fourth-order valence-electron chi connectivity index (χ4n) is 2.80. The van der Waals surface area contributed by atoms with E-state index in [1.165, 1.54) is 24.8 Å². The number of hydrogen-bond acceptors (Lipinski definition) is 2. The number of anilines is 1. The zero-order valence-corrected chi connectivity index (χ0v) is 11.8. The molecule has 0 spiro atoms. The summed E-state index contributed by atoms with van der Waals surface area (Å²) < 4.78 is 0. The Morgan fingerprint density at radius 1 is 1.21 bits per heavy atom. The second-order valence-electron chi connectivity index (χ2n) is 5.44. The van der Waals surface area contributed by atoms with Crippen molar-refractivity contribution in [2.75, 3.05) is 18.5 Å². The number of carbonyl (C=O) groups excluding carboxylic acids is 1. The second-order valence-corrected chi connectivity index (χ2v) is 5.44. The van der Waals surface area contributed by atoms with Crippen molar-refractivity contribution in [3.05, 3.63) is 29.8 Å². The summed E-state index contributed by atoms with van der Waals surface area (Å²) in [6.07, 6.45) is 6.66. The molecule has 1 amide bonds. The third kappa shape index (κ3) is 3.57. The molecule has 1 saturated carbocycles. The van der Waals surface area contributed by atoms with Crippen molar-refractivity contribution in [3.8, 4) is 0 Å². The predicted molar refractivity (Wildman–Crippen MR) is 79.2 cm³/mol. The van der Waals surface area contributed by atoms with E-state index in [0.717, 1.165) is 24.9 Å². The first kappa shape index (κ1) is 14.1. The van der Waals surface area contributed by atoms with Crippen LogP contribution in [0.4, 0.5) is 5.69 Å². The molecule has 2 rings (SSSR count). The molecule has 1 aliphatic carbocycles. The average molecular weight is 260 g/mol. The van der Waals surface area contributed by atoms with Crippen LogP contribution in [0.3, 0.4) is 0 Å². The van der Waals surface area contributed by atoms with Crippen LogP contribution in [-0.4, -0.2) is 19.5 Å². The van der Waals surface area contributed by atoms with Crippen LogP contribution in [0.2, 0.25) is 0 Å². The molecule has 0 aliphatic heterocycles. The molecule has 0 unspecified atom stereocenters. The van der Waals surface area contributed by atoms with E-state index in [0.29, 0.717) is 6.54 Å². The Morgan fingerprint density at radius 2 is 1.84 bits per heavy atom. The maximum atomic E-state index is 12.4. The fraction of sp³-hybridized carbons (Fsp3) is 0.562. The lowest BCUT2D eigenvalue weighted by molar-refractivity contribution is -0.123. The number of benzene rings is 1. The van der Waals surface area contributed by atoms with Gasteiger partial charge in [0.15, 0.2) is 0 Å². The third-order valence-electron chi connectivity index (χ3n) is 4.04. The lowest BCUT2D eigenvalue weighted by atomic mass is 9.88. The molecule has 1 fully saturated rings. The Balaban J connectivity index is 2.01. The quantitative estimate of drug-likeness (QED) is 0.904. The predicted octanol–water partition coefficient (Wildman–Crippen LogP) is 2.73. The Morgan fingerprint density at radius 3 is 2.42 bits per heavy atom. The van der Waals surface area contributed by atoms with Crippen molar-refractivity contribution in [3.63, 3.8) is 0 Å². The van der Waals surface area contributed by atoms with E-state index in [1.54, 1.807) is 0 Å². The van der Waals surface area contributed by atoms with Gasteiger partial charge >= 0.3 is 0 Å². The molecular weight excluding hydrogens is 236 g/mol. The van der Waals surface area contributed by atoms with Crippen molar-refractivity contribution in [1.82, 2.24) is 0 Å². The summed E-state index contributed by atoms with van der Waals surface area (Å²) in [5.74, 6) is 0.494. The third-order valence-corrected chi connectivity index (χ3v) is 4.04. The molecular formula is C16H24N2O. The highest BCUT2D eigenvalue weighted by Crippen LogP contribution is 2.27. The Kier molecular flexibility index (Phi) is 4.97. The van der Waals surface area contributed by atoms with E-state index in [1.807, 2.05) is 24.1 Å². The van der Waals surface area contributed by atoms with Crippen LogP contribution in [0, 0.1) is 5.92 Å². The standard InChI is InChI=1S/C16H24N2O/c1-18(16(19)14-5-3-2-4-6-14)15-9-7-13(8-10-15)11-12-17/h7-10,14H,2-6,11-12,17H2,1H3. The van der Waals surface area contributed by atoms with Gasteiger partial charge in [-0.25, -0.2) is 0 Å². The lowest BCUT2D eigenvalue weighted by Gasteiger charge is -2.26. The zero-order valence-electron chi connectivity index (χ0n) is 11.8. The van der Waals surface area contributed by atoms with Crippen LogP contribution in [-0.2, 0) is 11.2 Å². The molecule has 0 bridgehead atoms.